The lowest BCUT2D eigenvalue weighted by Crippen LogP contribution is -2.50. The first kappa shape index (κ1) is 21.6. The molecule has 4 nitrogen and oxygen atoms in total. The second-order valence-corrected chi connectivity index (χ2v) is 9.39. The average molecular weight is 421 g/mol. The highest BCUT2D eigenvalue weighted by Crippen LogP contribution is 2.52. The van der Waals surface area contributed by atoms with Gasteiger partial charge in [-0.15, -0.1) is 0 Å². The zero-order chi connectivity index (χ0) is 22.2. The van der Waals surface area contributed by atoms with Crippen molar-refractivity contribution in [2.75, 3.05) is 0 Å². The van der Waals surface area contributed by atoms with Gasteiger partial charge in [0.2, 0.25) is 0 Å². The fraction of sp³-hybridized carbons (Fsp3) is 0.444. The van der Waals surface area contributed by atoms with E-state index in [1.54, 1.807) is 12.1 Å². The number of hydrogen-bond acceptors (Lipinski definition) is 3. The monoisotopic (exact) mass is 420 g/mol. The predicted octanol–water partition coefficient (Wildman–Crippen LogP) is 6.81. The Kier molecular flexibility index (Phi) is 5.94. The highest BCUT2D eigenvalue weighted by Gasteiger charge is 2.49. The third-order valence-corrected chi connectivity index (χ3v) is 6.73. The maximum absolute atomic E-state index is 11.7. The quantitative estimate of drug-likeness (QED) is 0.540. The summed E-state index contributed by atoms with van der Waals surface area (Å²) in [6, 6.07) is 13.2. The molecule has 1 saturated heterocycles. The predicted molar refractivity (Wildman–Crippen MR) is 123 cm³/mol. The highest BCUT2D eigenvalue weighted by atomic mass is 16.5. The lowest BCUT2D eigenvalue weighted by Gasteiger charge is -2.50. The molecule has 1 N–H and O–H groups in total. The molecule has 2 aromatic carbocycles. The summed E-state index contributed by atoms with van der Waals surface area (Å²) in [6.07, 6.45) is 6.45. The Morgan fingerprint density at radius 3 is 2.71 bits per heavy atom. The molecule has 2 aromatic rings. The summed E-state index contributed by atoms with van der Waals surface area (Å²) in [5, 5.41) is 9.62. The van der Waals surface area contributed by atoms with E-state index >= 15 is 0 Å². The molecule has 0 saturated carbocycles. The first-order valence-corrected chi connectivity index (χ1v) is 11.2. The summed E-state index contributed by atoms with van der Waals surface area (Å²) in [4.78, 5) is 11.7. The molecule has 2 aliphatic rings. The van der Waals surface area contributed by atoms with Crippen LogP contribution in [0.1, 0.15) is 75.4 Å². The van der Waals surface area contributed by atoms with E-state index in [0.717, 1.165) is 48.1 Å². The van der Waals surface area contributed by atoms with E-state index in [1.165, 1.54) is 5.57 Å². The zero-order valence-corrected chi connectivity index (χ0v) is 18.9. The van der Waals surface area contributed by atoms with E-state index in [1.807, 2.05) is 24.3 Å². The number of aromatic carboxylic acids is 1. The van der Waals surface area contributed by atoms with Crippen LogP contribution in [-0.2, 0) is 4.74 Å². The first-order valence-electron chi connectivity index (χ1n) is 11.2. The number of benzene rings is 2. The van der Waals surface area contributed by atoms with Crippen LogP contribution in [0.5, 0.6) is 5.75 Å². The van der Waals surface area contributed by atoms with Crippen molar-refractivity contribution in [1.82, 2.24) is 0 Å². The van der Waals surface area contributed by atoms with Crippen LogP contribution in [0.3, 0.4) is 0 Å². The largest absolute Gasteiger partial charge is 0.487 e. The molecule has 1 fully saturated rings. The van der Waals surface area contributed by atoms with E-state index in [2.05, 4.69) is 39.8 Å². The molecule has 0 amide bonds. The molecule has 4 heteroatoms. The molecule has 4 rings (SSSR count). The molecule has 4 atom stereocenters. The van der Waals surface area contributed by atoms with E-state index in [4.69, 9.17) is 9.47 Å². The summed E-state index contributed by atoms with van der Waals surface area (Å²) in [5.41, 5.74) is 3.98. The lowest BCUT2D eigenvalue weighted by molar-refractivity contribution is -0.151. The fourth-order valence-electron chi connectivity index (χ4n) is 5.06. The van der Waals surface area contributed by atoms with Crippen molar-refractivity contribution < 1.29 is 19.4 Å². The molecule has 31 heavy (non-hydrogen) atoms. The van der Waals surface area contributed by atoms with Crippen LogP contribution < -0.4 is 4.74 Å². The minimum absolute atomic E-state index is 0.0406. The van der Waals surface area contributed by atoms with Gasteiger partial charge in [-0.3, -0.25) is 0 Å². The molecule has 164 valence electrons. The Labute approximate surface area is 184 Å². The van der Waals surface area contributed by atoms with Crippen molar-refractivity contribution in [1.29, 1.82) is 0 Å². The average Bonchev–Trinajstić information content (AvgIpc) is 2.73. The van der Waals surface area contributed by atoms with Gasteiger partial charge in [0, 0.05) is 11.5 Å². The maximum atomic E-state index is 11.7. The number of carboxylic acid groups (broad SMARTS) is 1. The summed E-state index contributed by atoms with van der Waals surface area (Å²) in [5.74, 6) is 0.204. The number of ether oxygens (including phenoxy) is 2. The smallest absolute Gasteiger partial charge is 0.336 e. The van der Waals surface area contributed by atoms with Crippen molar-refractivity contribution >= 4 is 5.97 Å². The van der Waals surface area contributed by atoms with Crippen LogP contribution in [0.4, 0.5) is 0 Å². The zero-order valence-electron chi connectivity index (χ0n) is 18.9. The van der Waals surface area contributed by atoms with Crippen molar-refractivity contribution in [3.63, 3.8) is 0 Å². The van der Waals surface area contributed by atoms with Crippen LogP contribution in [0.2, 0.25) is 0 Å². The summed E-state index contributed by atoms with van der Waals surface area (Å²) in [7, 11) is 0. The SMILES string of the molecule is CC(C)=CCC[C@@]1(C)Oc2ccc(-c3ccccc3C(=O)O)cc2[C@@H]2O[C@H](C)CC[C@H]21. The molecule has 0 aliphatic carbocycles. The Bertz CT molecular complexity index is 1000. The Hall–Kier alpha value is -2.59. The van der Waals surface area contributed by atoms with Crippen LogP contribution in [-0.4, -0.2) is 22.8 Å². The van der Waals surface area contributed by atoms with Gasteiger partial charge in [0.05, 0.1) is 17.8 Å². The molecular weight excluding hydrogens is 388 g/mol. The minimum atomic E-state index is -0.920. The van der Waals surface area contributed by atoms with E-state index < -0.39 is 5.97 Å². The standard InChI is InChI=1S/C27H32O4/c1-17(2)8-7-15-27(4)23-13-11-18(3)30-25(23)22-16-19(12-14-24(22)31-27)20-9-5-6-10-21(20)26(28)29/h5-6,8-10,12,14,16,18,23,25H,7,11,13,15H2,1-4H3,(H,28,29)/t18-,23-,25+,27-/m1/s1. The van der Waals surface area contributed by atoms with Crippen LogP contribution in [0.15, 0.2) is 54.1 Å². The van der Waals surface area contributed by atoms with Crippen LogP contribution in [0.25, 0.3) is 11.1 Å². The molecule has 0 aromatic heterocycles. The molecule has 2 heterocycles. The van der Waals surface area contributed by atoms with Gasteiger partial charge in [-0.25, -0.2) is 4.79 Å². The van der Waals surface area contributed by atoms with Crippen molar-refractivity contribution in [3.8, 4) is 16.9 Å². The lowest BCUT2D eigenvalue weighted by atomic mass is 9.72. The van der Waals surface area contributed by atoms with Crippen LogP contribution >= 0.6 is 0 Å². The maximum Gasteiger partial charge on any atom is 0.336 e. The van der Waals surface area contributed by atoms with Gasteiger partial charge >= 0.3 is 5.97 Å². The first-order chi connectivity index (χ1) is 14.8. The third kappa shape index (κ3) is 4.27. The normalized spacial score (nSPS) is 26.9. The van der Waals surface area contributed by atoms with Crippen LogP contribution in [0, 0.1) is 5.92 Å². The molecular formula is C27H32O4. The highest BCUT2D eigenvalue weighted by molar-refractivity contribution is 5.96. The van der Waals surface area contributed by atoms with Gasteiger partial charge in [0.15, 0.2) is 0 Å². The van der Waals surface area contributed by atoms with Gasteiger partial charge in [0.1, 0.15) is 11.4 Å². The topological polar surface area (TPSA) is 55.8 Å². The molecule has 0 radical (unpaired) electrons. The van der Waals surface area contributed by atoms with Gasteiger partial charge in [-0.1, -0.05) is 35.9 Å². The number of rotatable bonds is 5. The fourth-order valence-corrected chi connectivity index (χ4v) is 5.06. The summed E-state index contributed by atoms with van der Waals surface area (Å²) in [6.45, 7) is 8.61. The van der Waals surface area contributed by atoms with E-state index in [0.29, 0.717) is 5.56 Å². The number of carbonyl (C=O) groups is 1. The number of allylic oxidation sites excluding steroid dienone is 2. The van der Waals surface area contributed by atoms with Gasteiger partial charge in [0.25, 0.3) is 0 Å². The Morgan fingerprint density at radius 1 is 1.19 bits per heavy atom. The molecule has 0 unspecified atom stereocenters. The number of fused-ring (bicyclic) bond motifs is 3. The van der Waals surface area contributed by atoms with E-state index in [-0.39, 0.29) is 23.7 Å². The second kappa shape index (κ2) is 8.51. The molecule has 0 bridgehead atoms. The Balaban J connectivity index is 1.75. The minimum Gasteiger partial charge on any atom is -0.487 e. The summed E-state index contributed by atoms with van der Waals surface area (Å²) < 4.78 is 13.1. The van der Waals surface area contributed by atoms with Crippen molar-refractivity contribution in [2.24, 2.45) is 5.92 Å². The van der Waals surface area contributed by atoms with Gasteiger partial charge in [-0.2, -0.15) is 0 Å². The Morgan fingerprint density at radius 2 is 1.97 bits per heavy atom. The molecule has 2 aliphatic heterocycles. The summed E-state index contributed by atoms with van der Waals surface area (Å²) >= 11 is 0. The van der Waals surface area contributed by atoms with Gasteiger partial charge < -0.3 is 14.6 Å². The number of carboxylic acids is 1. The van der Waals surface area contributed by atoms with Crippen molar-refractivity contribution in [3.05, 3.63) is 65.2 Å². The molecule has 0 spiro atoms. The van der Waals surface area contributed by atoms with Gasteiger partial charge in [-0.05, 0) is 82.7 Å². The third-order valence-electron chi connectivity index (χ3n) is 6.73. The van der Waals surface area contributed by atoms with Crippen molar-refractivity contribution in [2.45, 2.75) is 71.2 Å². The van der Waals surface area contributed by atoms with E-state index in [9.17, 15) is 9.90 Å². The number of hydrogen-bond donors (Lipinski definition) is 1. The second-order valence-electron chi connectivity index (χ2n) is 9.39.